The first-order chi connectivity index (χ1) is 24.0. The molecule has 0 fully saturated rings. The van der Waals surface area contributed by atoms with E-state index in [-0.39, 0.29) is 13.2 Å². The van der Waals surface area contributed by atoms with Crippen LogP contribution < -0.4 is 18.9 Å². The molecule has 0 atom stereocenters. The molecule has 0 saturated heterocycles. The van der Waals surface area contributed by atoms with Crippen LogP contribution in [0, 0.1) is 13.8 Å². The molecule has 0 spiro atoms. The van der Waals surface area contributed by atoms with Crippen LogP contribution in [-0.2, 0) is 43.5 Å². The minimum Gasteiger partial charge on any atom is -0.481 e. The minimum absolute atomic E-state index is 0.323. The van der Waals surface area contributed by atoms with Crippen molar-refractivity contribution in [1.82, 2.24) is 0 Å². The number of esters is 4. The van der Waals surface area contributed by atoms with Gasteiger partial charge in [0.2, 0.25) is 0 Å². The maximum absolute atomic E-state index is 12.8. The van der Waals surface area contributed by atoms with Crippen LogP contribution in [0.1, 0.15) is 119 Å². The van der Waals surface area contributed by atoms with Gasteiger partial charge in [0.05, 0.1) is 0 Å². The first-order valence-electron chi connectivity index (χ1n) is 17.7. The lowest BCUT2D eigenvalue weighted by atomic mass is 9.76. The SMILES string of the molecule is Cc1c(OCC(=O)OC(C)(C)C)ccc(C(C)(C)c2ccc(OCC(=O)OC(C)(C)C)c(C)c2OCC(=O)OC(C)(C)C)c1OCC(=O)OC(C)(C)C. The Morgan fingerprint density at radius 1 is 0.415 bits per heavy atom. The third kappa shape index (κ3) is 14.8. The maximum atomic E-state index is 12.8. The van der Waals surface area contributed by atoms with Crippen molar-refractivity contribution in [2.24, 2.45) is 0 Å². The van der Waals surface area contributed by atoms with Gasteiger partial charge < -0.3 is 37.9 Å². The van der Waals surface area contributed by atoms with Gasteiger partial charge in [-0.3, -0.25) is 0 Å². The number of carbonyl (C=O) groups is 4. The van der Waals surface area contributed by atoms with Gasteiger partial charge in [-0.25, -0.2) is 19.2 Å². The Balaban J connectivity index is 2.69. The van der Waals surface area contributed by atoms with Crippen LogP contribution in [-0.4, -0.2) is 72.7 Å². The molecular weight excluding hydrogens is 684 g/mol. The molecule has 12 nitrogen and oxygen atoms in total. The highest BCUT2D eigenvalue weighted by molar-refractivity contribution is 5.74. The van der Waals surface area contributed by atoms with Crippen LogP contribution in [0.3, 0.4) is 0 Å². The van der Waals surface area contributed by atoms with E-state index in [1.165, 1.54) is 0 Å². The number of benzene rings is 2. The van der Waals surface area contributed by atoms with E-state index in [1.807, 2.05) is 13.8 Å². The van der Waals surface area contributed by atoms with E-state index in [0.717, 1.165) is 0 Å². The summed E-state index contributed by atoms with van der Waals surface area (Å²) < 4.78 is 46.0. The van der Waals surface area contributed by atoms with E-state index in [9.17, 15) is 19.2 Å². The van der Waals surface area contributed by atoms with E-state index < -0.39 is 64.9 Å². The van der Waals surface area contributed by atoms with Crippen molar-refractivity contribution in [2.75, 3.05) is 26.4 Å². The lowest BCUT2D eigenvalue weighted by Crippen LogP contribution is -2.29. The van der Waals surface area contributed by atoms with Gasteiger partial charge in [0, 0.05) is 27.7 Å². The Labute approximate surface area is 315 Å². The predicted molar refractivity (Wildman–Crippen MR) is 200 cm³/mol. The summed E-state index contributed by atoms with van der Waals surface area (Å²) in [6, 6.07) is 6.98. The van der Waals surface area contributed by atoms with Crippen LogP contribution in [0.25, 0.3) is 0 Å². The molecular formula is C41H60O12. The van der Waals surface area contributed by atoms with Crippen molar-refractivity contribution < 1.29 is 57.1 Å². The number of ether oxygens (including phenoxy) is 8. The normalized spacial score (nSPS) is 12.4. The zero-order valence-corrected chi connectivity index (χ0v) is 34.5. The molecule has 0 aliphatic carbocycles. The zero-order valence-electron chi connectivity index (χ0n) is 34.5. The van der Waals surface area contributed by atoms with Crippen molar-refractivity contribution in [1.29, 1.82) is 0 Å². The summed E-state index contributed by atoms with van der Waals surface area (Å²) in [5.74, 6) is -0.917. The van der Waals surface area contributed by atoms with Crippen LogP contribution >= 0.6 is 0 Å². The summed E-state index contributed by atoms with van der Waals surface area (Å²) in [7, 11) is 0. The molecule has 0 bridgehead atoms. The van der Waals surface area contributed by atoms with Crippen molar-refractivity contribution in [3.8, 4) is 23.0 Å². The molecule has 296 valence electrons. The van der Waals surface area contributed by atoms with Crippen LogP contribution in [0.2, 0.25) is 0 Å². The molecule has 0 unspecified atom stereocenters. The van der Waals surface area contributed by atoms with Gasteiger partial charge in [0.25, 0.3) is 0 Å². The van der Waals surface area contributed by atoms with Gasteiger partial charge in [-0.2, -0.15) is 0 Å². The molecule has 0 aliphatic heterocycles. The summed E-state index contributed by atoms with van der Waals surface area (Å²) in [4.78, 5) is 50.6. The van der Waals surface area contributed by atoms with E-state index in [2.05, 4.69) is 0 Å². The quantitative estimate of drug-likeness (QED) is 0.140. The zero-order chi connectivity index (χ0) is 40.7. The van der Waals surface area contributed by atoms with E-state index in [4.69, 9.17) is 37.9 Å². The van der Waals surface area contributed by atoms with Crippen LogP contribution in [0.15, 0.2) is 24.3 Å². The van der Waals surface area contributed by atoms with E-state index >= 15 is 0 Å². The largest absolute Gasteiger partial charge is 0.481 e. The number of carbonyl (C=O) groups excluding carboxylic acids is 4. The Hall–Kier alpha value is -4.48. The van der Waals surface area contributed by atoms with Crippen molar-refractivity contribution >= 4 is 23.9 Å². The molecule has 12 heteroatoms. The summed E-state index contributed by atoms with van der Waals surface area (Å²) in [6.07, 6.45) is 0. The molecule has 53 heavy (non-hydrogen) atoms. The van der Waals surface area contributed by atoms with Crippen molar-refractivity contribution in [2.45, 2.75) is 139 Å². The topological polar surface area (TPSA) is 142 Å². The second-order valence-corrected chi connectivity index (χ2v) is 17.3. The van der Waals surface area contributed by atoms with Gasteiger partial charge in [-0.15, -0.1) is 0 Å². The molecule has 0 N–H and O–H groups in total. The Bertz CT molecular complexity index is 1510. The summed E-state index contributed by atoms with van der Waals surface area (Å²) in [6.45, 7) is 27.0. The summed E-state index contributed by atoms with van der Waals surface area (Å²) in [5.41, 5.74) is -1.47. The monoisotopic (exact) mass is 744 g/mol. The molecule has 0 aliphatic rings. The molecule has 2 rings (SSSR count). The Kier molecular flexibility index (Phi) is 14.4. The predicted octanol–water partition coefficient (Wildman–Crippen LogP) is 7.51. The van der Waals surface area contributed by atoms with Gasteiger partial charge in [-0.05, 0) is 109 Å². The lowest BCUT2D eigenvalue weighted by Gasteiger charge is -2.32. The molecule has 0 saturated carbocycles. The third-order valence-electron chi connectivity index (χ3n) is 7.10. The minimum atomic E-state index is -0.921. The Morgan fingerprint density at radius 2 is 0.660 bits per heavy atom. The molecule has 0 amide bonds. The summed E-state index contributed by atoms with van der Waals surface area (Å²) >= 11 is 0. The van der Waals surface area contributed by atoms with Crippen LogP contribution in [0.5, 0.6) is 23.0 Å². The smallest absolute Gasteiger partial charge is 0.344 e. The average Bonchev–Trinajstić information content (AvgIpc) is 2.94. The highest BCUT2D eigenvalue weighted by Crippen LogP contribution is 2.47. The van der Waals surface area contributed by atoms with Crippen molar-refractivity contribution in [3.05, 3.63) is 46.5 Å². The highest BCUT2D eigenvalue weighted by Gasteiger charge is 2.34. The second kappa shape index (κ2) is 17.1. The number of hydrogen-bond donors (Lipinski definition) is 0. The maximum Gasteiger partial charge on any atom is 0.344 e. The second-order valence-electron chi connectivity index (χ2n) is 17.3. The fourth-order valence-corrected chi connectivity index (χ4v) is 5.18. The first kappa shape index (κ1) is 44.7. The van der Waals surface area contributed by atoms with Crippen molar-refractivity contribution in [3.63, 3.8) is 0 Å². The highest BCUT2D eigenvalue weighted by atomic mass is 16.6. The standard InChI is InChI=1S/C41H60O12/c1-25-29(46-21-31(42)50-37(3,4)5)19-17-27(35(25)48-23-33(44)52-39(9,10)11)41(15,16)28-18-20-30(47-22-32(43)51-38(6,7)8)26(2)36(28)49-24-34(45)53-40(12,13)14/h17-20H,21-24H2,1-16H3. The molecule has 0 aromatic heterocycles. The number of rotatable bonds is 14. The first-order valence-corrected chi connectivity index (χ1v) is 17.7. The van der Waals surface area contributed by atoms with Gasteiger partial charge in [0.15, 0.2) is 26.4 Å². The fraction of sp³-hybridized carbons (Fsp3) is 0.610. The molecule has 2 aromatic carbocycles. The van der Waals surface area contributed by atoms with E-state index in [1.54, 1.807) is 121 Å². The van der Waals surface area contributed by atoms with Gasteiger partial charge in [-0.1, -0.05) is 26.0 Å². The fourth-order valence-electron chi connectivity index (χ4n) is 5.18. The van der Waals surface area contributed by atoms with E-state index in [0.29, 0.717) is 45.3 Å². The molecule has 0 heterocycles. The van der Waals surface area contributed by atoms with Gasteiger partial charge in [0.1, 0.15) is 45.4 Å². The average molecular weight is 745 g/mol. The Morgan fingerprint density at radius 3 is 0.906 bits per heavy atom. The van der Waals surface area contributed by atoms with Crippen LogP contribution in [0.4, 0.5) is 0 Å². The molecule has 2 aromatic rings. The molecule has 0 radical (unpaired) electrons. The number of hydrogen-bond acceptors (Lipinski definition) is 12. The third-order valence-corrected chi connectivity index (χ3v) is 7.10. The van der Waals surface area contributed by atoms with Gasteiger partial charge >= 0.3 is 23.9 Å². The summed E-state index contributed by atoms with van der Waals surface area (Å²) in [5, 5.41) is 0. The lowest BCUT2D eigenvalue weighted by molar-refractivity contribution is -0.158.